The molecular formula is C13H10N4. The van der Waals surface area contributed by atoms with Gasteiger partial charge in [0, 0.05) is 29.7 Å². The van der Waals surface area contributed by atoms with Crippen LogP contribution < -0.4 is 5.32 Å². The molecule has 2 aromatic heterocycles. The van der Waals surface area contributed by atoms with Gasteiger partial charge < -0.3 is 5.32 Å². The number of fused-ring (bicyclic) bond motifs is 1. The number of pyridine rings is 1. The predicted molar refractivity (Wildman–Crippen MR) is 67.1 cm³/mol. The molecule has 0 amide bonds. The van der Waals surface area contributed by atoms with Gasteiger partial charge in [-0.25, -0.2) is 9.97 Å². The molecule has 0 fully saturated rings. The van der Waals surface area contributed by atoms with E-state index in [1.165, 1.54) is 0 Å². The molecule has 0 spiro atoms. The van der Waals surface area contributed by atoms with Gasteiger partial charge in [0.2, 0.25) is 5.95 Å². The van der Waals surface area contributed by atoms with Crippen molar-refractivity contribution < 1.29 is 0 Å². The zero-order chi connectivity index (χ0) is 11.5. The summed E-state index contributed by atoms with van der Waals surface area (Å²) < 4.78 is 0. The third-order valence-electron chi connectivity index (χ3n) is 2.42. The predicted octanol–water partition coefficient (Wildman–Crippen LogP) is 2.77. The highest BCUT2D eigenvalue weighted by Crippen LogP contribution is 2.18. The van der Waals surface area contributed by atoms with Crippen molar-refractivity contribution in [2.45, 2.75) is 0 Å². The van der Waals surface area contributed by atoms with E-state index in [2.05, 4.69) is 20.3 Å². The number of anilines is 2. The van der Waals surface area contributed by atoms with Gasteiger partial charge in [-0.1, -0.05) is 6.07 Å². The number of aromatic nitrogens is 3. The molecule has 1 N–H and O–H groups in total. The number of benzene rings is 1. The Morgan fingerprint density at radius 3 is 2.53 bits per heavy atom. The second-order valence-corrected chi connectivity index (χ2v) is 3.61. The van der Waals surface area contributed by atoms with Crippen molar-refractivity contribution in [1.29, 1.82) is 0 Å². The summed E-state index contributed by atoms with van der Waals surface area (Å²) in [5.74, 6) is 0.593. The molecule has 3 rings (SSSR count). The van der Waals surface area contributed by atoms with Crippen molar-refractivity contribution >= 4 is 22.5 Å². The summed E-state index contributed by atoms with van der Waals surface area (Å²) in [6.07, 6.45) is 5.20. The minimum Gasteiger partial charge on any atom is -0.324 e. The lowest BCUT2D eigenvalue weighted by atomic mass is 10.2. The van der Waals surface area contributed by atoms with E-state index in [0.29, 0.717) is 5.95 Å². The molecule has 0 aliphatic carbocycles. The van der Waals surface area contributed by atoms with Gasteiger partial charge in [-0.3, -0.25) is 4.98 Å². The average molecular weight is 222 g/mol. The topological polar surface area (TPSA) is 50.7 Å². The maximum Gasteiger partial charge on any atom is 0.227 e. The zero-order valence-electron chi connectivity index (χ0n) is 9.04. The fraction of sp³-hybridized carbons (Fsp3) is 0. The fourth-order valence-corrected chi connectivity index (χ4v) is 1.65. The molecule has 3 aromatic rings. The molecule has 0 aliphatic rings. The van der Waals surface area contributed by atoms with Crippen molar-refractivity contribution in [3.63, 3.8) is 0 Å². The first-order chi connectivity index (χ1) is 8.42. The van der Waals surface area contributed by atoms with Crippen LogP contribution in [-0.2, 0) is 0 Å². The average Bonchev–Trinajstić information content (AvgIpc) is 2.40. The lowest BCUT2D eigenvalue weighted by molar-refractivity contribution is 1.17. The van der Waals surface area contributed by atoms with Crippen LogP contribution in [0.25, 0.3) is 10.9 Å². The molecule has 0 radical (unpaired) electrons. The smallest absolute Gasteiger partial charge is 0.227 e. The summed E-state index contributed by atoms with van der Waals surface area (Å²) in [7, 11) is 0. The fourth-order valence-electron chi connectivity index (χ4n) is 1.65. The summed E-state index contributed by atoms with van der Waals surface area (Å²) in [5.41, 5.74) is 1.93. The lowest BCUT2D eigenvalue weighted by Crippen LogP contribution is -1.95. The minimum atomic E-state index is 0.593. The first-order valence-electron chi connectivity index (χ1n) is 5.31. The number of nitrogens with zero attached hydrogens (tertiary/aromatic N) is 3. The van der Waals surface area contributed by atoms with Crippen molar-refractivity contribution in [2.24, 2.45) is 0 Å². The van der Waals surface area contributed by atoms with Crippen LogP contribution in [0.5, 0.6) is 0 Å². The molecule has 0 atom stereocenters. The number of rotatable bonds is 2. The number of nitrogens with one attached hydrogen (secondary N) is 1. The van der Waals surface area contributed by atoms with E-state index in [0.717, 1.165) is 16.6 Å². The van der Waals surface area contributed by atoms with E-state index >= 15 is 0 Å². The van der Waals surface area contributed by atoms with Crippen LogP contribution in [0.3, 0.4) is 0 Å². The molecule has 82 valence electrons. The Morgan fingerprint density at radius 1 is 0.824 bits per heavy atom. The summed E-state index contributed by atoms with van der Waals surface area (Å²) in [6.45, 7) is 0. The van der Waals surface area contributed by atoms with Crippen LogP contribution in [0.1, 0.15) is 0 Å². The van der Waals surface area contributed by atoms with Crippen LogP contribution in [0.15, 0.2) is 55.0 Å². The number of hydrogen-bond donors (Lipinski definition) is 1. The minimum absolute atomic E-state index is 0.593. The summed E-state index contributed by atoms with van der Waals surface area (Å²) >= 11 is 0. The highest BCUT2D eigenvalue weighted by Gasteiger charge is 1.98. The third kappa shape index (κ3) is 2.06. The SMILES string of the molecule is c1cnc(Nc2ccc3ncccc3c2)nc1. The molecule has 4 nitrogen and oxygen atoms in total. The third-order valence-corrected chi connectivity index (χ3v) is 2.42. The Kier molecular flexibility index (Phi) is 2.38. The molecular weight excluding hydrogens is 212 g/mol. The van der Waals surface area contributed by atoms with E-state index < -0.39 is 0 Å². The monoisotopic (exact) mass is 222 g/mol. The molecule has 4 heteroatoms. The molecule has 0 unspecified atom stereocenters. The van der Waals surface area contributed by atoms with Gasteiger partial charge in [-0.2, -0.15) is 0 Å². The van der Waals surface area contributed by atoms with Crippen molar-refractivity contribution in [3.8, 4) is 0 Å². The molecule has 0 saturated carbocycles. The van der Waals surface area contributed by atoms with Crippen LogP contribution in [0.4, 0.5) is 11.6 Å². The van der Waals surface area contributed by atoms with Gasteiger partial charge in [0.1, 0.15) is 0 Å². The lowest BCUT2D eigenvalue weighted by Gasteiger charge is -2.04. The van der Waals surface area contributed by atoms with E-state index in [-0.39, 0.29) is 0 Å². The molecule has 0 aliphatic heterocycles. The molecule has 2 heterocycles. The maximum absolute atomic E-state index is 4.27. The van der Waals surface area contributed by atoms with Crippen LogP contribution in [0, 0.1) is 0 Å². The van der Waals surface area contributed by atoms with Gasteiger partial charge >= 0.3 is 0 Å². The van der Waals surface area contributed by atoms with Crippen LogP contribution in [0.2, 0.25) is 0 Å². The second-order valence-electron chi connectivity index (χ2n) is 3.61. The quantitative estimate of drug-likeness (QED) is 0.724. The van der Waals surface area contributed by atoms with Crippen molar-refractivity contribution in [1.82, 2.24) is 15.0 Å². The Bertz CT molecular complexity index is 637. The van der Waals surface area contributed by atoms with Gasteiger partial charge in [0.25, 0.3) is 0 Å². The van der Waals surface area contributed by atoms with Gasteiger partial charge in [0.15, 0.2) is 0 Å². The van der Waals surface area contributed by atoms with Gasteiger partial charge in [-0.15, -0.1) is 0 Å². The zero-order valence-corrected chi connectivity index (χ0v) is 9.04. The Labute approximate surface area is 98.4 Å². The van der Waals surface area contributed by atoms with E-state index in [1.54, 1.807) is 24.7 Å². The second kappa shape index (κ2) is 4.17. The van der Waals surface area contributed by atoms with E-state index in [9.17, 15) is 0 Å². The molecule has 0 bridgehead atoms. The first kappa shape index (κ1) is 9.72. The van der Waals surface area contributed by atoms with Gasteiger partial charge in [-0.05, 0) is 30.3 Å². The Hall–Kier alpha value is -2.49. The van der Waals surface area contributed by atoms with Crippen LogP contribution in [-0.4, -0.2) is 15.0 Å². The summed E-state index contributed by atoms with van der Waals surface area (Å²) in [5, 5.41) is 4.24. The van der Waals surface area contributed by atoms with Crippen LogP contribution >= 0.6 is 0 Å². The molecule has 1 aromatic carbocycles. The Balaban J connectivity index is 1.96. The van der Waals surface area contributed by atoms with Gasteiger partial charge in [0.05, 0.1) is 5.52 Å². The summed E-state index contributed by atoms with van der Waals surface area (Å²) in [4.78, 5) is 12.5. The van der Waals surface area contributed by atoms with Crippen molar-refractivity contribution in [2.75, 3.05) is 5.32 Å². The normalized spacial score (nSPS) is 10.4. The van der Waals surface area contributed by atoms with E-state index in [4.69, 9.17) is 0 Å². The largest absolute Gasteiger partial charge is 0.324 e. The van der Waals surface area contributed by atoms with Crippen molar-refractivity contribution in [3.05, 3.63) is 55.0 Å². The standard InChI is InChI=1S/C13H10N4/c1-3-10-9-11(4-5-12(10)14-6-1)17-13-15-7-2-8-16-13/h1-9H,(H,15,16,17). The highest BCUT2D eigenvalue weighted by atomic mass is 15.1. The van der Waals surface area contributed by atoms with E-state index in [1.807, 2.05) is 30.3 Å². The highest BCUT2D eigenvalue weighted by molar-refractivity contribution is 5.82. The summed E-state index contributed by atoms with van der Waals surface area (Å²) in [6, 6.07) is 11.7. The Morgan fingerprint density at radius 2 is 1.65 bits per heavy atom. The molecule has 17 heavy (non-hydrogen) atoms. The number of hydrogen-bond acceptors (Lipinski definition) is 4. The molecule has 0 saturated heterocycles. The first-order valence-corrected chi connectivity index (χ1v) is 5.31. The maximum atomic E-state index is 4.27.